The highest BCUT2D eigenvalue weighted by Crippen LogP contribution is 2.51. The van der Waals surface area contributed by atoms with Gasteiger partial charge in [-0.2, -0.15) is 0 Å². The van der Waals surface area contributed by atoms with E-state index in [0.29, 0.717) is 5.56 Å². The number of halogens is 3. The van der Waals surface area contributed by atoms with Crippen LogP contribution in [0.5, 0.6) is 11.5 Å². The first kappa shape index (κ1) is 24.5. The first-order chi connectivity index (χ1) is 19.3. The average Bonchev–Trinajstić information content (AvgIpc) is 2.96. The van der Waals surface area contributed by atoms with Crippen molar-refractivity contribution in [1.29, 1.82) is 0 Å². The van der Waals surface area contributed by atoms with Crippen LogP contribution in [0.3, 0.4) is 0 Å². The van der Waals surface area contributed by atoms with Crippen molar-refractivity contribution in [3.8, 4) is 22.6 Å². The zero-order chi connectivity index (χ0) is 27.5. The molecule has 0 aromatic heterocycles. The van der Waals surface area contributed by atoms with Gasteiger partial charge in [-0.05, 0) is 71.5 Å². The van der Waals surface area contributed by atoms with Crippen molar-refractivity contribution in [3.63, 3.8) is 0 Å². The Balaban J connectivity index is 1.46. The highest BCUT2D eigenvalue weighted by molar-refractivity contribution is 6.06. The molecule has 1 atom stereocenters. The van der Waals surface area contributed by atoms with Gasteiger partial charge in [0.25, 0.3) is 0 Å². The second kappa shape index (κ2) is 9.02. The molecule has 0 N–H and O–H groups in total. The fourth-order valence-corrected chi connectivity index (χ4v) is 6.15. The molecule has 198 valence electrons. The zero-order valence-electron chi connectivity index (χ0n) is 21.8. The lowest BCUT2D eigenvalue weighted by Gasteiger charge is -2.39. The Morgan fingerprint density at radius 3 is 2.12 bits per heavy atom. The summed E-state index contributed by atoms with van der Waals surface area (Å²) in [6, 6.07) is 31.0. The number of hydrogen-bond donors (Lipinski definition) is 0. The van der Waals surface area contributed by atoms with Crippen molar-refractivity contribution in [2.75, 3.05) is 0 Å². The van der Waals surface area contributed by atoms with Crippen molar-refractivity contribution in [2.45, 2.75) is 31.7 Å². The van der Waals surface area contributed by atoms with Gasteiger partial charge in [-0.1, -0.05) is 90.5 Å². The quantitative estimate of drug-likeness (QED) is 0.230. The molecule has 5 aromatic rings. The van der Waals surface area contributed by atoms with Gasteiger partial charge >= 0.3 is 6.36 Å². The van der Waals surface area contributed by atoms with Gasteiger partial charge in [0, 0.05) is 22.3 Å². The maximum Gasteiger partial charge on any atom is 0.573 e. The van der Waals surface area contributed by atoms with Gasteiger partial charge in [-0.3, -0.25) is 0 Å². The smallest absolute Gasteiger partial charge is 0.473 e. The summed E-state index contributed by atoms with van der Waals surface area (Å²) >= 11 is 0. The molecule has 1 aliphatic heterocycles. The molecule has 0 saturated carbocycles. The van der Waals surface area contributed by atoms with Crippen molar-refractivity contribution >= 4 is 16.8 Å². The van der Waals surface area contributed by atoms with Gasteiger partial charge in [0.05, 0.1) is 0 Å². The number of benzene rings is 5. The average molecular weight is 535 g/mol. The number of fused-ring (bicyclic) bond motifs is 8. The molecule has 0 saturated heterocycles. The van der Waals surface area contributed by atoms with Gasteiger partial charge in [0.2, 0.25) is 0 Å². The molecule has 0 radical (unpaired) electrons. The number of hydrogen-bond acceptors (Lipinski definition) is 2. The van der Waals surface area contributed by atoms with E-state index in [4.69, 9.17) is 4.74 Å². The lowest BCUT2D eigenvalue weighted by atomic mass is 9.78. The first-order valence-electron chi connectivity index (χ1n) is 13.3. The molecule has 0 bridgehead atoms. The van der Waals surface area contributed by atoms with Crippen LogP contribution in [0.1, 0.15) is 33.4 Å². The molecule has 7 rings (SSSR count). The predicted molar refractivity (Wildman–Crippen MR) is 152 cm³/mol. The highest BCUT2D eigenvalue weighted by atomic mass is 19.4. The lowest BCUT2D eigenvalue weighted by Crippen LogP contribution is -2.35. The Labute approximate surface area is 230 Å². The van der Waals surface area contributed by atoms with E-state index < -0.39 is 12.0 Å². The van der Waals surface area contributed by atoms with Crippen LogP contribution in [-0.2, 0) is 18.4 Å². The second-order valence-corrected chi connectivity index (χ2v) is 10.4. The van der Waals surface area contributed by atoms with E-state index in [0.717, 1.165) is 46.2 Å². The molecule has 0 amide bonds. The third-order valence-electron chi connectivity index (χ3n) is 7.98. The van der Waals surface area contributed by atoms with E-state index in [-0.39, 0.29) is 5.75 Å². The van der Waals surface area contributed by atoms with Gasteiger partial charge in [-0.25, -0.2) is 0 Å². The van der Waals surface area contributed by atoms with Crippen molar-refractivity contribution in [2.24, 2.45) is 0 Å². The summed E-state index contributed by atoms with van der Waals surface area (Å²) in [5.74, 6) is 0.553. The Hall–Kier alpha value is -4.51. The molecule has 40 heavy (non-hydrogen) atoms. The number of aryl methyl sites for hydroxylation is 2. The topological polar surface area (TPSA) is 18.5 Å². The number of alkyl halides is 3. The Morgan fingerprint density at radius 2 is 1.40 bits per heavy atom. The first-order valence-corrected chi connectivity index (χ1v) is 13.3. The standard InChI is InChI=1S/C35H25F3O2/c1-22-10-13-24(14-11-22)34(25-15-17-26(18-16-25)39-35(36,37)38)21-20-30-28-8-4-5-9-29(28)32-27-7-3-2-6-23(27)12-19-31(32)33(30)40-34/h2-11,13-18,20-21H,12,19H2,1H3. The van der Waals surface area contributed by atoms with Gasteiger partial charge < -0.3 is 9.47 Å². The van der Waals surface area contributed by atoms with E-state index in [1.165, 1.54) is 34.2 Å². The molecular weight excluding hydrogens is 509 g/mol. The van der Waals surface area contributed by atoms with Crippen LogP contribution in [0.4, 0.5) is 13.2 Å². The summed E-state index contributed by atoms with van der Waals surface area (Å²) in [6.45, 7) is 2.02. The monoisotopic (exact) mass is 534 g/mol. The molecule has 1 heterocycles. The maximum absolute atomic E-state index is 12.9. The van der Waals surface area contributed by atoms with E-state index in [2.05, 4.69) is 53.3 Å². The van der Waals surface area contributed by atoms with Crippen LogP contribution in [0, 0.1) is 6.92 Å². The molecule has 5 heteroatoms. The van der Waals surface area contributed by atoms with Crippen LogP contribution in [0.25, 0.3) is 28.0 Å². The molecule has 1 aliphatic carbocycles. The Kier molecular flexibility index (Phi) is 5.53. The minimum absolute atomic E-state index is 0.268. The lowest BCUT2D eigenvalue weighted by molar-refractivity contribution is -0.274. The summed E-state index contributed by atoms with van der Waals surface area (Å²) in [6.07, 6.45) is 1.11. The van der Waals surface area contributed by atoms with Crippen molar-refractivity contribution in [3.05, 3.63) is 137 Å². The maximum atomic E-state index is 12.9. The van der Waals surface area contributed by atoms with E-state index in [1.54, 1.807) is 12.1 Å². The molecule has 0 spiro atoms. The summed E-state index contributed by atoms with van der Waals surface area (Å²) in [5.41, 5.74) is 7.58. The molecule has 2 aliphatic rings. The molecule has 5 aromatic carbocycles. The van der Waals surface area contributed by atoms with Crippen LogP contribution in [0.15, 0.2) is 103 Å². The van der Waals surface area contributed by atoms with E-state index >= 15 is 0 Å². The van der Waals surface area contributed by atoms with Crippen LogP contribution >= 0.6 is 0 Å². The summed E-state index contributed by atoms with van der Waals surface area (Å²) < 4.78 is 49.9. The molecule has 0 fully saturated rings. The second-order valence-electron chi connectivity index (χ2n) is 10.4. The van der Waals surface area contributed by atoms with Crippen LogP contribution in [0.2, 0.25) is 0 Å². The van der Waals surface area contributed by atoms with Crippen LogP contribution in [-0.4, -0.2) is 6.36 Å². The van der Waals surface area contributed by atoms with Gasteiger partial charge in [0.15, 0.2) is 5.60 Å². The molecular formula is C35H25F3O2. The van der Waals surface area contributed by atoms with Crippen molar-refractivity contribution in [1.82, 2.24) is 0 Å². The Bertz CT molecular complexity index is 1780. The normalized spacial score (nSPS) is 17.5. The molecule has 1 unspecified atom stereocenters. The predicted octanol–water partition coefficient (Wildman–Crippen LogP) is 9.16. The largest absolute Gasteiger partial charge is 0.573 e. The Morgan fingerprint density at radius 1 is 0.750 bits per heavy atom. The summed E-state index contributed by atoms with van der Waals surface area (Å²) in [4.78, 5) is 0. The number of ether oxygens (including phenoxy) is 2. The van der Waals surface area contributed by atoms with E-state index in [1.807, 2.05) is 43.3 Å². The van der Waals surface area contributed by atoms with E-state index in [9.17, 15) is 13.2 Å². The summed E-state index contributed by atoms with van der Waals surface area (Å²) in [5, 5.41) is 2.30. The fraction of sp³-hybridized carbons (Fsp3) is 0.143. The molecule has 2 nitrogen and oxygen atoms in total. The minimum atomic E-state index is -4.76. The third-order valence-corrected chi connectivity index (χ3v) is 7.98. The number of rotatable bonds is 3. The summed E-state index contributed by atoms with van der Waals surface area (Å²) in [7, 11) is 0. The van der Waals surface area contributed by atoms with Crippen molar-refractivity contribution < 1.29 is 22.6 Å². The van der Waals surface area contributed by atoms with Crippen LogP contribution < -0.4 is 9.47 Å². The van der Waals surface area contributed by atoms with Gasteiger partial charge in [-0.15, -0.1) is 13.2 Å². The zero-order valence-corrected chi connectivity index (χ0v) is 21.8. The highest BCUT2D eigenvalue weighted by Gasteiger charge is 2.40. The third kappa shape index (κ3) is 3.96. The fourth-order valence-electron chi connectivity index (χ4n) is 6.15. The SMILES string of the molecule is Cc1ccc(C2(c3ccc(OC(F)(F)F)cc3)C=Cc3c(c4c(c5ccccc35)-c3ccccc3CC4)O2)cc1. The minimum Gasteiger partial charge on any atom is -0.473 e. The van der Waals surface area contributed by atoms with Gasteiger partial charge in [0.1, 0.15) is 11.5 Å².